The Labute approximate surface area is 124 Å². The number of carbonyl (C=O) groups is 2. The van der Waals surface area contributed by atoms with Crippen molar-refractivity contribution in [3.05, 3.63) is 60.2 Å². The molecule has 0 saturated heterocycles. The van der Waals surface area contributed by atoms with Crippen LogP contribution < -0.4 is 5.73 Å². The molecule has 0 spiro atoms. The molecule has 4 heteroatoms. The number of nitrogens with two attached hydrogens (primary N) is 1. The minimum Gasteiger partial charge on any atom is -0.368 e. The summed E-state index contributed by atoms with van der Waals surface area (Å²) in [4.78, 5) is 24.1. The van der Waals surface area contributed by atoms with Crippen molar-refractivity contribution in [2.75, 3.05) is 13.6 Å². The zero-order valence-corrected chi connectivity index (χ0v) is 12.0. The van der Waals surface area contributed by atoms with Crippen LogP contribution in [0.4, 0.5) is 0 Å². The first-order valence-corrected chi connectivity index (χ1v) is 6.73. The van der Waals surface area contributed by atoms with Gasteiger partial charge in [-0.25, -0.2) is 0 Å². The van der Waals surface area contributed by atoms with Crippen molar-refractivity contribution in [1.29, 1.82) is 0 Å². The Bertz CT molecular complexity index is 621. The Morgan fingerprint density at radius 1 is 0.952 bits per heavy atom. The predicted octanol–water partition coefficient (Wildman–Crippen LogP) is 1.84. The second-order valence-electron chi connectivity index (χ2n) is 4.96. The van der Waals surface area contributed by atoms with Gasteiger partial charge in [-0.15, -0.1) is 0 Å². The van der Waals surface area contributed by atoms with E-state index >= 15 is 0 Å². The summed E-state index contributed by atoms with van der Waals surface area (Å²) in [6.07, 6.45) is 0.263. The first kappa shape index (κ1) is 14.8. The quantitative estimate of drug-likeness (QED) is 0.909. The molecule has 0 fully saturated rings. The maximum Gasteiger partial charge on any atom is 0.237 e. The number of hydrogen-bond donors (Lipinski definition) is 1. The minimum atomic E-state index is -0.509. The standard InChI is InChI=1S/C17H18N2O2/c1-19(12-16(18)20)17(21)11-13-7-9-15(10-8-13)14-5-3-2-4-6-14/h2-10H,11-12H2,1H3,(H2,18,20). The molecule has 2 aromatic rings. The number of amides is 2. The van der Waals surface area contributed by atoms with E-state index in [2.05, 4.69) is 0 Å². The maximum absolute atomic E-state index is 11.9. The number of nitrogens with zero attached hydrogens (tertiary/aromatic N) is 1. The van der Waals surface area contributed by atoms with Crippen molar-refractivity contribution in [3.63, 3.8) is 0 Å². The normalized spacial score (nSPS) is 10.1. The minimum absolute atomic E-state index is 0.0546. The Kier molecular flexibility index (Phi) is 4.72. The molecule has 0 bridgehead atoms. The summed E-state index contributed by atoms with van der Waals surface area (Å²) in [5, 5.41) is 0. The molecule has 0 radical (unpaired) electrons. The van der Waals surface area contributed by atoms with Crippen molar-refractivity contribution in [1.82, 2.24) is 4.90 Å². The molecule has 0 aromatic heterocycles. The summed E-state index contributed by atoms with van der Waals surface area (Å²) in [6.45, 7) is -0.0546. The summed E-state index contributed by atoms with van der Waals surface area (Å²) >= 11 is 0. The number of hydrogen-bond acceptors (Lipinski definition) is 2. The molecule has 0 saturated carbocycles. The van der Waals surface area contributed by atoms with Crippen LogP contribution in [-0.4, -0.2) is 30.3 Å². The van der Waals surface area contributed by atoms with Gasteiger partial charge in [-0.05, 0) is 16.7 Å². The molecular weight excluding hydrogens is 264 g/mol. The first-order chi connectivity index (χ1) is 10.1. The van der Waals surface area contributed by atoms with Crippen molar-refractivity contribution < 1.29 is 9.59 Å². The molecular formula is C17H18N2O2. The smallest absolute Gasteiger partial charge is 0.237 e. The predicted molar refractivity (Wildman–Crippen MR) is 82.4 cm³/mol. The molecule has 108 valence electrons. The summed E-state index contributed by atoms with van der Waals surface area (Å²) in [5.41, 5.74) is 8.24. The van der Waals surface area contributed by atoms with Crippen molar-refractivity contribution in [2.45, 2.75) is 6.42 Å². The van der Waals surface area contributed by atoms with Crippen molar-refractivity contribution in [2.24, 2.45) is 5.73 Å². The zero-order valence-electron chi connectivity index (χ0n) is 12.0. The van der Waals surface area contributed by atoms with Crippen molar-refractivity contribution >= 4 is 11.8 Å². The van der Waals surface area contributed by atoms with Gasteiger partial charge in [-0.2, -0.15) is 0 Å². The lowest BCUT2D eigenvalue weighted by Gasteiger charge is -2.15. The average molecular weight is 282 g/mol. The van der Waals surface area contributed by atoms with Crippen LogP contribution in [0.1, 0.15) is 5.56 Å². The number of likely N-dealkylation sites (N-methyl/N-ethyl adjacent to an activating group) is 1. The number of carbonyl (C=O) groups excluding carboxylic acids is 2. The van der Waals surface area contributed by atoms with E-state index in [0.29, 0.717) is 0 Å². The van der Waals surface area contributed by atoms with E-state index in [-0.39, 0.29) is 18.9 Å². The lowest BCUT2D eigenvalue weighted by atomic mass is 10.0. The van der Waals surface area contributed by atoms with Crippen LogP contribution in [0.5, 0.6) is 0 Å². The SMILES string of the molecule is CN(CC(N)=O)C(=O)Cc1ccc(-c2ccccc2)cc1. The van der Waals surface area contributed by atoms with Crippen LogP contribution in [0.3, 0.4) is 0 Å². The Morgan fingerprint density at radius 3 is 2.10 bits per heavy atom. The van der Waals surface area contributed by atoms with E-state index in [1.54, 1.807) is 7.05 Å². The third kappa shape index (κ3) is 4.18. The van der Waals surface area contributed by atoms with Gasteiger partial charge in [0.1, 0.15) is 0 Å². The highest BCUT2D eigenvalue weighted by atomic mass is 16.2. The molecule has 2 rings (SSSR count). The second-order valence-corrected chi connectivity index (χ2v) is 4.96. The molecule has 0 aliphatic rings. The average Bonchev–Trinajstić information content (AvgIpc) is 2.48. The van der Waals surface area contributed by atoms with Crippen LogP contribution in [0.25, 0.3) is 11.1 Å². The number of rotatable bonds is 5. The van der Waals surface area contributed by atoms with Gasteiger partial charge in [-0.1, -0.05) is 54.6 Å². The third-order valence-corrected chi connectivity index (χ3v) is 3.24. The van der Waals surface area contributed by atoms with Gasteiger partial charge in [-0.3, -0.25) is 9.59 Å². The molecule has 0 aliphatic carbocycles. The second kappa shape index (κ2) is 6.70. The van der Waals surface area contributed by atoms with Gasteiger partial charge in [0.25, 0.3) is 0 Å². The van der Waals surface area contributed by atoms with Gasteiger partial charge < -0.3 is 10.6 Å². The zero-order chi connectivity index (χ0) is 15.2. The summed E-state index contributed by atoms with van der Waals surface area (Å²) in [6, 6.07) is 17.9. The van der Waals surface area contributed by atoms with Gasteiger partial charge in [0.15, 0.2) is 0 Å². The fourth-order valence-corrected chi connectivity index (χ4v) is 2.08. The Hall–Kier alpha value is -2.62. The number of benzene rings is 2. The molecule has 2 N–H and O–H groups in total. The molecule has 0 aliphatic heterocycles. The van der Waals surface area contributed by atoms with E-state index < -0.39 is 5.91 Å². The van der Waals surface area contributed by atoms with Gasteiger partial charge in [0, 0.05) is 7.05 Å². The third-order valence-electron chi connectivity index (χ3n) is 3.24. The van der Waals surface area contributed by atoms with Crippen LogP contribution in [0.15, 0.2) is 54.6 Å². The molecule has 0 atom stereocenters. The maximum atomic E-state index is 11.9. The highest BCUT2D eigenvalue weighted by Gasteiger charge is 2.11. The monoisotopic (exact) mass is 282 g/mol. The van der Waals surface area contributed by atoms with Crippen LogP contribution in [-0.2, 0) is 16.0 Å². The topological polar surface area (TPSA) is 63.4 Å². The fraction of sp³-hybridized carbons (Fsp3) is 0.176. The van der Waals surface area contributed by atoms with Crippen LogP contribution in [0, 0.1) is 0 Å². The molecule has 2 aromatic carbocycles. The summed E-state index contributed by atoms with van der Waals surface area (Å²) in [7, 11) is 1.57. The van der Waals surface area contributed by atoms with Gasteiger partial charge in [0.2, 0.25) is 11.8 Å². The molecule has 2 amide bonds. The highest BCUT2D eigenvalue weighted by molar-refractivity contribution is 5.84. The molecule has 4 nitrogen and oxygen atoms in total. The number of primary amides is 1. The lowest BCUT2D eigenvalue weighted by molar-refractivity contribution is -0.133. The summed E-state index contributed by atoms with van der Waals surface area (Å²) in [5.74, 6) is -0.633. The van der Waals surface area contributed by atoms with E-state index in [1.165, 1.54) is 4.90 Å². The fourth-order valence-electron chi connectivity index (χ4n) is 2.08. The molecule has 0 heterocycles. The first-order valence-electron chi connectivity index (χ1n) is 6.73. The van der Waals surface area contributed by atoms with E-state index in [9.17, 15) is 9.59 Å². The van der Waals surface area contributed by atoms with Gasteiger partial charge in [0.05, 0.1) is 13.0 Å². The largest absolute Gasteiger partial charge is 0.368 e. The Morgan fingerprint density at radius 2 is 1.52 bits per heavy atom. The Balaban J connectivity index is 2.03. The van der Waals surface area contributed by atoms with E-state index in [4.69, 9.17) is 5.73 Å². The summed E-state index contributed by atoms with van der Waals surface area (Å²) < 4.78 is 0. The van der Waals surface area contributed by atoms with Gasteiger partial charge >= 0.3 is 0 Å². The molecule has 0 unspecified atom stereocenters. The van der Waals surface area contributed by atoms with Crippen molar-refractivity contribution in [3.8, 4) is 11.1 Å². The van der Waals surface area contributed by atoms with E-state index in [0.717, 1.165) is 16.7 Å². The lowest BCUT2D eigenvalue weighted by Crippen LogP contribution is -2.36. The van der Waals surface area contributed by atoms with Crippen LogP contribution >= 0.6 is 0 Å². The van der Waals surface area contributed by atoms with Crippen LogP contribution in [0.2, 0.25) is 0 Å². The highest BCUT2D eigenvalue weighted by Crippen LogP contribution is 2.19. The van der Waals surface area contributed by atoms with E-state index in [1.807, 2.05) is 54.6 Å². The molecule has 21 heavy (non-hydrogen) atoms.